The molecule has 1 aliphatic heterocycles. The Kier molecular flexibility index (Phi) is 5.35. The Balaban J connectivity index is 1.74. The van der Waals surface area contributed by atoms with Gasteiger partial charge in [0.2, 0.25) is 17.5 Å². The second-order valence-electron chi connectivity index (χ2n) is 6.87. The summed E-state index contributed by atoms with van der Waals surface area (Å²) < 4.78 is 21.4. The number of fused-ring (bicyclic) bond motifs is 1. The third-order valence-corrected chi connectivity index (χ3v) is 4.96. The molecule has 1 fully saturated rings. The highest BCUT2D eigenvalue weighted by atomic mass is 16.7. The number of aliphatic hydroxyl groups is 3. The Morgan fingerprint density at radius 3 is 2.47 bits per heavy atom. The largest absolute Gasteiger partial charge is 0.504 e. The van der Waals surface area contributed by atoms with Crippen molar-refractivity contribution in [2.45, 2.75) is 24.6 Å². The van der Waals surface area contributed by atoms with Crippen molar-refractivity contribution >= 4 is 11.0 Å². The first-order valence-electron chi connectivity index (χ1n) is 9.15. The summed E-state index contributed by atoms with van der Waals surface area (Å²) in [5.41, 5.74) is 0.514. The maximum atomic E-state index is 13.0. The van der Waals surface area contributed by atoms with Gasteiger partial charge in [0, 0.05) is 0 Å². The first-order valence-corrected chi connectivity index (χ1v) is 9.15. The van der Waals surface area contributed by atoms with Gasteiger partial charge in [-0.2, -0.15) is 0 Å². The molecule has 9 nitrogen and oxygen atoms in total. The number of phenolic OH excluding ortho intramolecular Hbond substituents is 1. The Morgan fingerprint density at radius 1 is 1.03 bits per heavy atom. The molecule has 0 aliphatic carbocycles. The number of benzene rings is 2. The van der Waals surface area contributed by atoms with Crippen LogP contribution in [0.1, 0.15) is 0 Å². The summed E-state index contributed by atoms with van der Waals surface area (Å²) in [7, 11) is 1.54. The topological polar surface area (TPSA) is 139 Å². The van der Waals surface area contributed by atoms with Gasteiger partial charge in [-0.1, -0.05) is 12.1 Å². The predicted molar refractivity (Wildman–Crippen MR) is 105 cm³/mol. The highest BCUT2D eigenvalue weighted by Crippen LogP contribution is 2.36. The molecule has 158 valence electrons. The van der Waals surface area contributed by atoms with E-state index in [9.17, 15) is 25.2 Å². The van der Waals surface area contributed by atoms with Gasteiger partial charge in [0.15, 0.2) is 11.3 Å². The molecule has 0 saturated carbocycles. The molecule has 2 aromatic carbocycles. The Morgan fingerprint density at radius 2 is 1.77 bits per heavy atom. The number of methoxy groups -OCH3 is 1. The van der Waals surface area contributed by atoms with Crippen LogP contribution in [0, 0.1) is 0 Å². The minimum Gasteiger partial charge on any atom is -0.504 e. The molecule has 0 amide bonds. The number of aliphatic hydroxyl groups excluding tert-OH is 3. The minimum absolute atomic E-state index is 0.0475. The van der Waals surface area contributed by atoms with E-state index in [0.29, 0.717) is 16.9 Å². The summed E-state index contributed by atoms with van der Waals surface area (Å²) in [6, 6.07) is 9.51. The molecule has 2 heterocycles. The number of hydrogen-bond donors (Lipinski definition) is 4. The van der Waals surface area contributed by atoms with Crippen LogP contribution in [0.2, 0.25) is 0 Å². The van der Waals surface area contributed by atoms with Crippen LogP contribution in [-0.2, 0) is 4.74 Å². The van der Waals surface area contributed by atoms with Gasteiger partial charge in [-0.15, -0.1) is 0 Å². The first kappa shape index (κ1) is 20.2. The number of aromatic hydroxyl groups is 1. The summed E-state index contributed by atoms with van der Waals surface area (Å²) in [5.74, 6) is 0.0701. The van der Waals surface area contributed by atoms with Crippen LogP contribution in [0.15, 0.2) is 51.9 Å². The Bertz CT molecular complexity index is 1110. The van der Waals surface area contributed by atoms with Crippen LogP contribution in [0.25, 0.3) is 22.1 Å². The zero-order valence-electron chi connectivity index (χ0n) is 15.9. The van der Waals surface area contributed by atoms with E-state index >= 15 is 0 Å². The maximum Gasteiger partial charge on any atom is 0.229 e. The highest BCUT2D eigenvalue weighted by molar-refractivity contribution is 5.88. The molecule has 30 heavy (non-hydrogen) atoms. The fourth-order valence-electron chi connectivity index (χ4n) is 3.25. The van der Waals surface area contributed by atoms with Crippen molar-refractivity contribution in [1.29, 1.82) is 0 Å². The molecular weight excluding hydrogens is 396 g/mol. The van der Waals surface area contributed by atoms with Gasteiger partial charge in [0.05, 0.1) is 24.7 Å². The average molecular weight is 416 g/mol. The van der Waals surface area contributed by atoms with E-state index in [1.807, 2.05) is 0 Å². The van der Waals surface area contributed by atoms with E-state index in [1.165, 1.54) is 18.4 Å². The summed E-state index contributed by atoms with van der Waals surface area (Å²) in [6.45, 7) is -0.278. The normalized spacial score (nSPS) is 24.0. The second kappa shape index (κ2) is 7.96. The molecule has 0 unspecified atom stereocenters. The van der Waals surface area contributed by atoms with E-state index in [-0.39, 0.29) is 34.5 Å². The van der Waals surface area contributed by atoms with Crippen molar-refractivity contribution in [3.63, 3.8) is 0 Å². The molecule has 0 radical (unpaired) electrons. The molecule has 0 spiro atoms. The van der Waals surface area contributed by atoms with E-state index in [1.54, 1.807) is 31.4 Å². The van der Waals surface area contributed by atoms with Crippen LogP contribution >= 0.6 is 0 Å². The molecule has 4 atom stereocenters. The molecule has 3 aromatic rings. The average Bonchev–Trinajstić information content (AvgIpc) is 2.76. The molecule has 4 rings (SSSR count). The van der Waals surface area contributed by atoms with Crippen LogP contribution in [0.4, 0.5) is 0 Å². The molecular formula is C21H20O9. The third kappa shape index (κ3) is 3.48. The third-order valence-electron chi connectivity index (χ3n) is 4.96. The van der Waals surface area contributed by atoms with Crippen molar-refractivity contribution < 1.29 is 39.1 Å². The van der Waals surface area contributed by atoms with E-state index in [0.717, 1.165) is 0 Å². The lowest BCUT2D eigenvalue weighted by molar-refractivity contribution is -0.242. The molecule has 4 N–H and O–H groups in total. The SMILES string of the molecule is COc1ccc(-c2coc3c(O[C@@H]4OC[C@H](O)[C@@H](O)[C@@H]4O)c(O)ccc3c2=O)cc1. The van der Waals surface area contributed by atoms with E-state index in [4.69, 9.17) is 18.6 Å². The number of rotatable bonds is 4. The van der Waals surface area contributed by atoms with Gasteiger partial charge in [0.25, 0.3) is 0 Å². The van der Waals surface area contributed by atoms with Crippen LogP contribution in [0.5, 0.6) is 17.2 Å². The summed E-state index contributed by atoms with van der Waals surface area (Å²) >= 11 is 0. The van der Waals surface area contributed by atoms with Gasteiger partial charge < -0.3 is 39.1 Å². The van der Waals surface area contributed by atoms with Crippen molar-refractivity contribution in [3.05, 3.63) is 52.9 Å². The molecule has 1 saturated heterocycles. The predicted octanol–water partition coefficient (Wildman–Crippen LogP) is 0.992. The van der Waals surface area contributed by atoms with Gasteiger partial charge in [0.1, 0.15) is 30.3 Å². The van der Waals surface area contributed by atoms with Gasteiger partial charge in [-0.3, -0.25) is 4.79 Å². The Labute approximate surface area is 170 Å². The minimum atomic E-state index is -1.58. The highest BCUT2D eigenvalue weighted by Gasteiger charge is 2.39. The number of ether oxygens (including phenoxy) is 3. The quantitative estimate of drug-likeness (QED) is 0.490. The van der Waals surface area contributed by atoms with Crippen LogP contribution < -0.4 is 14.9 Å². The van der Waals surface area contributed by atoms with Crippen molar-refractivity contribution in [2.75, 3.05) is 13.7 Å². The lowest BCUT2D eigenvalue weighted by atomic mass is 10.0. The fourth-order valence-corrected chi connectivity index (χ4v) is 3.25. The lowest BCUT2D eigenvalue weighted by Crippen LogP contribution is -2.54. The van der Waals surface area contributed by atoms with Crippen molar-refractivity contribution in [1.82, 2.24) is 0 Å². The summed E-state index contributed by atoms with van der Waals surface area (Å²) in [4.78, 5) is 13.0. The monoisotopic (exact) mass is 416 g/mol. The molecule has 1 aromatic heterocycles. The van der Waals surface area contributed by atoms with Gasteiger partial charge in [-0.05, 0) is 29.8 Å². The zero-order chi connectivity index (χ0) is 21.4. The summed E-state index contributed by atoms with van der Waals surface area (Å²) in [5, 5.41) is 39.8. The van der Waals surface area contributed by atoms with Crippen LogP contribution in [-0.4, -0.2) is 58.7 Å². The Hall–Kier alpha value is -3.11. The van der Waals surface area contributed by atoms with E-state index < -0.39 is 24.6 Å². The van der Waals surface area contributed by atoms with Crippen LogP contribution in [0.3, 0.4) is 0 Å². The van der Waals surface area contributed by atoms with E-state index in [2.05, 4.69) is 0 Å². The first-order chi connectivity index (χ1) is 14.4. The number of hydrogen-bond acceptors (Lipinski definition) is 9. The van der Waals surface area contributed by atoms with Gasteiger partial charge in [-0.25, -0.2) is 0 Å². The van der Waals surface area contributed by atoms with Gasteiger partial charge >= 0.3 is 0 Å². The summed E-state index contributed by atoms with van der Waals surface area (Å²) in [6.07, 6.45) is -4.48. The smallest absolute Gasteiger partial charge is 0.229 e. The fraction of sp³-hybridized carbons (Fsp3) is 0.286. The number of phenols is 1. The molecule has 9 heteroatoms. The van der Waals surface area contributed by atoms with Crippen molar-refractivity contribution in [3.8, 4) is 28.4 Å². The zero-order valence-corrected chi connectivity index (χ0v) is 15.9. The second-order valence-corrected chi connectivity index (χ2v) is 6.87. The van der Waals surface area contributed by atoms with Crippen molar-refractivity contribution in [2.24, 2.45) is 0 Å². The molecule has 1 aliphatic rings. The lowest BCUT2D eigenvalue weighted by Gasteiger charge is -2.34. The maximum absolute atomic E-state index is 13.0. The standard InChI is InChI=1S/C21H20O9/c1-27-11-4-2-10(3-5-11)13-8-28-19-12(16(13)24)6-7-14(22)20(19)30-21-18(26)17(25)15(23)9-29-21/h2-8,15,17-18,21-23,25-26H,9H2,1H3/t15-,17+,18-,21-/m0/s1. The molecule has 0 bridgehead atoms.